The maximum Gasteiger partial charge on any atom is 0.203 e. The molecule has 0 saturated carbocycles. The van der Waals surface area contributed by atoms with Gasteiger partial charge in [0.25, 0.3) is 0 Å². The van der Waals surface area contributed by atoms with E-state index in [0.29, 0.717) is 0 Å². The van der Waals surface area contributed by atoms with Gasteiger partial charge in [0.2, 0.25) is 11.7 Å². The van der Waals surface area contributed by atoms with E-state index in [4.69, 9.17) is 17.3 Å². The summed E-state index contributed by atoms with van der Waals surface area (Å²) in [6.07, 6.45) is 1.70. The Bertz CT molecular complexity index is 365. The van der Waals surface area contributed by atoms with Crippen LogP contribution in [0.1, 0.15) is 33.6 Å². The summed E-state index contributed by atoms with van der Waals surface area (Å²) in [4.78, 5) is 0. The Morgan fingerprint density at radius 2 is 1.55 bits per heavy atom. The number of ether oxygens (including phenoxy) is 2. The van der Waals surface area contributed by atoms with Crippen LogP contribution in [0.4, 0.5) is 8.78 Å². The van der Waals surface area contributed by atoms with Gasteiger partial charge in [0, 0.05) is 0 Å². The average molecular weight is 284 g/mol. The van der Waals surface area contributed by atoms with E-state index in [1.54, 1.807) is 6.92 Å². The van der Waals surface area contributed by atoms with Gasteiger partial charge in [-0.25, -0.2) is 0 Å². The number of rotatable bonds is 10. The van der Waals surface area contributed by atoms with E-state index < -0.39 is 11.7 Å². The molecule has 0 fully saturated rings. The van der Waals surface area contributed by atoms with Crippen molar-refractivity contribution in [3.8, 4) is 0 Å². The van der Waals surface area contributed by atoms with Gasteiger partial charge in [-0.1, -0.05) is 39.2 Å². The predicted molar refractivity (Wildman–Crippen MR) is 78.7 cm³/mol. The van der Waals surface area contributed by atoms with Crippen molar-refractivity contribution in [2.24, 2.45) is 5.92 Å². The molecule has 2 radical (unpaired) electrons. The summed E-state index contributed by atoms with van der Waals surface area (Å²) in [5, 5.41) is 0. The van der Waals surface area contributed by atoms with Crippen LogP contribution in [0.25, 0.3) is 0 Å². The first-order chi connectivity index (χ1) is 9.29. The molecule has 0 spiro atoms. The molecular formula is C15H23BF2O2. The van der Waals surface area contributed by atoms with Crippen molar-refractivity contribution in [3.63, 3.8) is 0 Å². The maximum atomic E-state index is 13.6. The number of halogens is 2. The molecule has 0 rings (SSSR count). The van der Waals surface area contributed by atoms with E-state index in [-0.39, 0.29) is 36.5 Å². The zero-order valence-corrected chi connectivity index (χ0v) is 12.5. The summed E-state index contributed by atoms with van der Waals surface area (Å²) >= 11 is 0. The van der Waals surface area contributed by atoms with Gasteiger partial charge in [-0.05, 0) is 19.3 Å². The zero-order chi connectivity index (χ0) is 15.7. The first-order valence-corrected chi connectivity index (χ1v) is 6.74. The Kier molecular flexibility index (Phi) is 9.01. The summed E-state index contributed by atoms with van der Waals surface area (Å²) in [6.45, 7) is 12.6. The van der Waals surface area contributed by atoms with Gasteiger partial charge in [-0.15, -0.1) is 0 Å². The molecule has 0 N–H and O–H groups in total. The van der Waals surface area contributed by atoms with Gasteiger partial charge in [0.1, 0.15) is 0 Å². The summed E-state index contributed by atoms with van der Waals surface area (Å²) in [7, 11) is 5.65. The van der Waals surface area contributed by atoms with Gasteiger partial charge in [0.15, 0.2) is 11.5 Å². The highest BCUT2D eigenvalue weighted by Gasteiger charge is 2.16. The first-order valence-electron chi connectivity index (χ1n) is 6.74. The highest BCUT2D eigenvalue weighted by molar-refractivity contribution is 6.11. The third-order valence-electron chi connectivity index (χ3n) is 2.66. The van der Waals surface area contributed by atoms with Crippen LogP contribution in [0.15, 0.2) is 36.3 Å². The number of hydrogen-bond donors (Lipinski definition) is 0. The lowest BCUT2D eigenvalue weighted by Crippen LogP contribution is -2.07. The molecule has 0 bridgehead atoms. The van der Waals surface area contributed by atoms with Crippen LogP contribution < -0.4 is 0 Å². The largest absolute Gasteiger partial charge is 0.491 e. The average Bonchev–Trinajstić information content (AvgIpc) is 2.40. The molecule has 0 aliphatic rings. The van der Waals surface area contributed by atoms with Crippen molar-refractivity contribution < 1.29 is 18.3 Å². The molecular weight excluding hydrogens is 261 g/mol. The molecule has 0 amide bonds. The second-order valence-corrected chi connectivity index (χ2v) is 4.88. The quantitative estimate of drug-likeness (QED) is 0.331. The van der Waals surface area contributed by atoms with Gasteiger partial charge in [-0.2, -0.15) is 8.78 Å². The molecule has 0 saturated heterocycles. The van der Waals surface area contributed by atoms with Crippen LogP contribution in [-0.4, -0.2) is 21.1 Å². The Labute approximate surface area is 121 Å². The summed E-state index contributed by atoms with van der Waals surface area (Å²) in [5.41, 5.74) is 0. The molecule has 0 aromatic carbocycles. The van der Waals surface area contributed by atoms with E-state index in [1.165, 1.54) is 0 Å². The van der Waals surface area contributed by atoms with Gasteiger partial charge < -0.3 is 9.47 Å². The first kappa shape index (κ1) is 18.7. The highest BCUT2D eigenvalue weighted by Crippen LogP contribution is 2.24. The second kappa shape index (κ2) is 9.62. The molecule has 0 heterocycles. The smallest absolute Gasteiger partial charge is 0.203 e. The molecule has 0 aromatic heterocycles. The van der Waals surface area contributed by atoms with E-state index in [1.807, 2.05) is 13.8 Å². The van der Waals surface area contributed by atoms with Gasteiger partial charge in [0.05, 0.1) is 21.1 Å². The maximum absolute atomic E-state index is 13.6. The molecule has 0 aromatic rings. The van der Waals surface area contributed by atoms with Crippen molar-refractivity contribution >= 4 is 7.85 Å². The monoisotopic (exact) mass is 284 g/mol. The highest BCUT2D eigenvalue weighted by atomic mass is 19.2. The topological polar surface area (TPSA) is 18.5 Å². The number of hydrogen-bond acceptors (Lipinski definition) is 2. The Morgan fingerprint density at radius 3 is 2.00 bits per heavy atom. The molecule has 0 aliphatic carbocycles. The van der Waals surface area contributed by atoms with Crippen LogP contribution in [0.3, 0.4) is 0 Å². The molecule has 2 unspecified atom stereocenters. The fourth-order valence-corrected chi connectivity index (χ4v) is 1.42. The molecule has 20 heavy (non-hydrogen) atoms. The van der Waals surface area contributed by atoms with Crippen LogP contribution >= 0.6 is 0 Å². The van der Waals surface area contributed by atoms with Gasteiger partial charge in [-0.3, -0.25) is 0 Å². The minimum Gasteiger partial charge on any atom is -0.491 e. The predicted octanol–water partition coefficient (Wildman–Crippen LogP) is 4.61. The third-order valence-corrected chi connectivity index (χ3v) is 2.66. The van der Waals surface area contributed by atoms with Crippen molar-refractivity contribution in [2.45, 2.75) is 39.4 Å². The van der Waals surface area contributed by atoms with Crippen LogP contribution in [0.2, 0.25) is 5.82 Å². The second-order valence-electron chi connectivity index (χ2n) is 4.88. The Hall–Kier alpha value is -1.26. The van der Waals surface area contributed by atoms with Crippen LogP contribution in [0, 0.1) is 5.92 Å². The lowest BCUT2D eigenvalue weighted by Gasteiger charge is -2.15. The summed E-state index contributed by atoms with van der Waals surface area (Å²) in [5.74, 6) is -2.77. The SMILES string of the molecule is [B]C(C)CCC(C)COC(=C)/C(F)=C(/F)C(=C)OCC. The summed E-state index contributed by atoms with van der Waals surface area (Å²) < 4.78 is 37.1. The van der Waals surface area contributed by atoms with Gasteiger partial charge >= 0.3 is 0 Å². The van der Waals surface area contributed by atoms with Crippen molar-refractivity contribution in [2.75, 3.05) is 13.2 Å². The Morgan fingerprint density at radius 1 is 1.05 bits per heavy atom. The van der Waals surface area contributed by atoms with Crippen LogP contribution in [0.5, 0.6) is 0 Å². The van der Waals surface area contributed by atoms with E-state index in [9.17, 15) is 8.78 Å². The minimum atomic E-state index is -1.18. The molecule has 0 aliphatic heterocycles. The fraction of sp³-hybridized carbons (Fsp3) is 0.600. The lowest BCUT2D eigenvalue weighted by atomic mass is 9.83. The molecule has 2 atom stereocenters. The van der Waals surface area contributed by atoms with Crippen LogP contribution in [-0.2, 0) is 9.47 Å². The molecule has 112 valence electrons. The third kappa shape index (κ3) is 7.36. The van der Waals surface area contributed by atoms with E-state index in [2.05, 4.69) is 13.2 Å². The van der Waals surface area contributed by atoms with E-state index in [0.717, 1.165) is 12.8 Å². The lowest BCUT2D eigenvalue weighted by molar-refractivity contribution is 0.162. The Balaban J connectivity index is 4.32. The normalized spacial score (nSPS) is 15.1. The number of allylic oxidation sites excluding steroid dienone is 2. The molecule has 5 heteroatoms. The molecule has 2 nitrogen and oxygen atoms in total. The fourth-order valence-electron chi connectivity index (χ4n) is 1.42. The zero-order valence-electron chi connectivity index (χ0n) is 12.5. The van der Waals surface area contributed by atoms with E-state index >= 15 is 0 Å². The van der Waals surface area contributed by atoms with Crippen molar-refractivity contribution in [3.05, 3.63) is 36.3 Å². The summed E-state index contributed by atoms with van der Waals surface area (Å²) in [6, 6.07) is 0. The standard InChI is InChI=1S/C15H23BF2O2/c1-6-19-12(4)14(17)15(18)13(5)20-9-10(2)7-8-11(3)16/h10-11H,4-9H2,1-3H3/b15-14-. The minimum absolute atomic E-state index is 0.115. The van der Waals surface area contributed by atoms with Crippen molar-refractivity contribution in [1.29, 1.82) is 0 Å². The van der Waals surface area contributed by atoms with Crippen molar-refractivity contribution in [1.82, 2.24) is 0 Å².